The fourth-order valence-electron chi connectivity index (χ4n) is 3.01. The second-order valence-corrected chi connectivity index (χ2v) is 8.57. The van der Waals surface area contributed by atoms with Gasteiger partial charge in [-0.2, -0.15) is 0 Å². The highest BCUT2D eigenvalue weighted by molar-refractivity contribution is 6.04. The molecule has 0 heterocycles. The Kier molecular flexibility index (Phi) is 6.93. The Morgan fingerprint density at radius 3 is 2.06 bits per heavy atom. The van der Waals surface area contributed by atoms with E-state index < -0.39 is 6.10 Å². The number of ether oxygens (including phenoxy) is 1. The van der Waals surface area contributed by atoms with Crippen LogP contribution in [0.4, 0.5) is 15.8 Å². The molecule has 0 saturated heterocycles. The molecule has 2 N–H and O–H groups in total. The van der Waals surface area contributed by atoms with E-state index in [-0.39, 0.29) is 23.0 Å². The van der Waals surface area contributed by atoms with Crippen LogP contribution in [-0.4, -0.2) is 17.9 Å². The van der Waals surface area contributed by atoms with Gasteiger partial charge in [-0.05, 0) is 72.5 Å². The Labute approximate surface area is 187 Å². The van der Waals surface area contributed by atoms with E-state index in [4.69, 9.17) is 4.74 Å². The lowest BCUT2D eigenvalue weighted by Crippen LogP contribution is -2.30. The minimum Gasteiger partial charge on any atom is -0.481 e. The van der Waals surface area contributed by atoms with E-state index >= 15 is 0 Å². The average molecular weight is 435 g/mol. The van der Waals surface area contributed by atoms with E-state index in [9.17, 15) is 14.0 Å². The number of benzene rings is 3. The van der Waals surface area contributed by atoms with Gasteiger partial charge in [-0.15, -0.1) is 0 Å². The first-order valence-electron chi connectivity index (χ1n) is 10.4. The molecular formula is C26H27FN2O3. The van der Waals surface area contributed by atoms with Gasteiger partial charge in [0.2, 0.25) is 0 Å². The van der Waals surface area contributed by atoms with Crippen LogP contribution in [0.15, 0.2) is 72.8 Å². The minimum absolute atomic E-state index is 0.0130. The molecule has 0 radical (unpaired) electrons. The molecular weight excluding hydrogens is 407 g/mol. The fraction of sp³-hybridized carbons (Fsp3) is 0.231. The fourth-order valence-corrected chi connectivity index (χ4v) is 3.01. The number of carbonyl (C=O) groups excluding carboxylic acids is 2. The molecule has 6 heteroatoms. The first kappa shape index (κ1) is 23.0. The highest BCUT2D eigenvalue weighted by Crippen LogP contribution is 2.23. The maximum Gasteiger partial charge on any atom is 0.265 e. The van der Waals surface area contributed by atoms with Crippen LogP contribution in [0.25, 0.3) is 0 Å². The first-order chi connectivity index (χ1) is 15.1. The van der Waals surface area contributed by atoms with Crippen molar-refractivity contribution in [1.82, 2.24) is 0 Å². The van der Waals surface area contributed by atoms with Crippen LogP contribution in [0.1, 0.15) is 43.6 Å². The van der Waals surface area contributed by atoms with Crippen molar-refractivity contribution in [3.63, 3.8) is 0 Å². The number of nitrogens with one attached hydrogen (secondary N) is 2. The second kappa shape index (κ2) is 9.64. The van der Waals surface area contributed by atoms with Crippen LogP contribution in [-0.2, 0) is 10.2 Å². The van der Waals surface area contributed by atoms with E-state index in [2.05, 4.69) is 31.4 Å². The van der Waals surface area contributed by atoms with Crippen molar-refractivity contribution in [3.05, 3.63) is 89.7 Å². The van der Waals surface area contributed by atoms with Gasteiger partial charge >= 0.3 is 0 Å². The summed E-state index contributed by atoms with van der Waals surface area (Å²) in [6.45, 7) is 7.96. The molecule has 3 aromatic carbocycles. The Morgan fingerprint density at radius 1 is 0.875 bits per heavy atom. The van der Waals surface area contributed by atoms with Gasteiger partial charge in [0, 0.05) is 16.9 Å². The Morgan fingerprint density at radius 2 is 1.47 bits per heavy atom. The molecule has 0 aliphatic heterocycles. The predicted octanol–water partition coefficient (Wildman–Crippen LogP) is 5.78. The van der Waals surface area contributed by atoms with Crippen molar-refractivity contribution in [2.24, 2.45) is 0 Å². The summed E-state index contributed by atoms with van der Waals surface area (Å²) in [5.41, 5.74) is 2.79. The van der Waals surface area contributed by atoms with E-state index in [1.54, 1.807) is 43.3 Å². The van der Waals surface area contributed by atoms with Crippen molar-refractivity contribution < 1.29 is 18.7 Å². The van der Waals surface area contributed by atoms with Gasteiger partial charge in [0.25, 0.3) is 11.8 Å². The first-order valence-corrected chi connectivity index (χ1v) is 10.4. The lowest BCUT2D eigenvalue weighted by Gasteiger charge is -2.19. The summed E-state index contributed by atoms with van der Waals surface area (Å²) in [5, 5.41) is 5.61. The largest absolute Gasteiger partial charge is 0.481 e. The quantitative estimate of drug-likeness (QED) is 0.517. The Hall–Kier alpha value is -3.67. The highest BCUT2D eigenvalue weighted by Gasteiger charge is 2.16. The molecule has 0 aromatic heterocycles. The van der Waals surface area contributed by atoms with Gasteiger partial charge < -0.3 is 15.4 Å². The van der Waals surface area contributed by atoms with Crippen LogP contribution in [0.3, 0.4) is 0 Å². The number of hydrogen-bond donors (Lipinski definition) is 2. The molecule has 166 valence electrons. The SMILES string of the molecule is C[C@@H](Oc1ccc(F)cc1)C(=O)Nc1cccc(NC(=O)c2ccc(C(C)(C)C)cc2)c1. The average Bonchev–Trinajstić information content (AvgIpc) is 2.75. The molecule has 0 aliphatic carbocycles. The molecule has 0 bridgehead atoms. The molecule has 2 amide bonds. The minimum atomic E-state index is -0.792. The molecule has 3 rings (SSSR count). The number of halogens is 1. The third kappa shape index (κ3) is 6.17. The molecule has 3 aromatic rings. The van der Waals surface area contributed by atoms with Crippen molar-refractivity contribution in [2.75, 3.05) is 10.6 Å². The molecule has 0 fully saturated rings. The zero-order valence-electron chi connectivity index (χ0n) is 18.6. The summed E-state index contributed by atoms with van der Waals surface area (Å²) >= 11 is 0. The number of amides is 2. The van der Waals surface area contributed by atoms with Gasteiger partial charge in [-0.1, -0.05) is 39.0 Å². The molecule has 1 atom stereocenters. The van der Waals surface area contributed by atoms with Crippen molar-refractivity contribution >= 4 is 23.2 Å². The summed E-state index contributed by atoms with van der Waals surface area (Å²) in [5.74, 6) is -0.580. The van der Waals surface area contributed by atoms with Crippen LogP contribution < -0.4 is 15.4 Å². The maximum absolute atomic E-state index is 13.0. The second-order valence-electron chi connectivity index (χ2n) is 8.57. The summed E-state index contributed by atoms with van der Waals surface area (Å²) in [7, 11) is 0. The maximum atomic E-state index is 13.0. The van der Waals surface area contributed by atoms with Crippen molar-refractivity contribution in [2.45, 2.75) is 39.2 Å². The van der Waals surface area contributed by atoms with Gasteiger partial charge in [-0.3, -0.25) is 9.59 Å². The topological polar surface area (TPSA) is 67.4 Å². The molecule has 0 spiro atoms. The van der Waals surface area contributed by atoms with Gasteiger partial charge in [0.05, 0.1) is 0 Å². The predicted molar refractivity (Wildman–Crippen MR) is 125 cm³/mol. The zero-order chi connectivity index (χ0) is 23.3. The molecule has 32 heavy (non-hydrogen) atoms. The number of anilines is 2. The lowest BCUT2D eigenvalue weighted by atomic mass is 9.87. The summed E-state index contributed by atoms with van der Waals surface area (Å²) < 4.78 is 18.5. The molecule has 5 nitrogen and oxygen atoms in total. The van der Waals surface area contributed by atoms with Crippen molar-refractivity contribution in [1.29, 1.82) is 0 Å². The normalized spacial score (nSPS) is 12.0. The smallest absolute Gasteiger partial charge is 0.265 e. The third-order valence-corrected chi connectivity index (χ3v) is 4.90. The van der Waals surface area contributed by atoms with Crippen LogP contribution in [0.2, 0.25) is 0 Å². The monoisotopic (exact) mass is 434 g/mol. The van der Waals surface area contributed by atoms with E-state index in [0.29, 0.717) is 22.7 Å². The zero-order valence-corrected chi connectivity index (χ0v) is 18.6. The summed E-state index contributed by atoms with van der Waals surface area (Å²) in [6.07, 6.45) is -0.792. The van der Waals surface area contributed by atoms with Gasteiger partial charge in [0.1, 0.15) is 11.6 Å². The highest BCUT2D eigenvalue weighted by atomic mass is 19.1. The standard InChI is InChI=1S/C26H27FN2O3/c1-17(32-23-14-12-20(27)13-15-23)24(30)28-21-6-5-7-22(16-21)29-25(31)18-8-10-19(11-9-18)26(2,3)4/h5-17H,1-4H3,(H,28,30)(H,29,31)/t17-/m1/s1. The summed E-state index contributed by atoms with van der Waals surface area (Å²) in [6, 6.07) is 19.8. The van der Waals surface area contributed by atoms with E-state index in [0.717, 1.165) is 5.56 Å². The number of carbonyl (C=O) groups is 2. The van der Waals surface area contributed by atoms with E-state index in [1.807, 2.05) is 12.1 Å². The van der Waals surface area contributed by atoms with Crippen molar-refractivity contribution in [3.8, 4) is 5.75 Å². The third-order valence-electron chi connectivity index (χ3n) is 4.90. The number of rotatable bonds is 6. The van der Waals surface area contributed by atoms with E-state index in [1.165, 1.54) is 24.3 Å². The van der Waals surface area contributed by atoms with Gasteiger partial charge in [0.15, 0.2) is 6.10 Å². The molecule has 0 aliphatic rings. The Bertz CT molecular complexity index is 1090. The van der Waals surface area contributed by atoms with Gasteiger partial charge in [-0.25, -0.2) is 4.39 Å². The van der Waals surface area contributed by atoms with Crippen LogP contribution >= 0.6 is 0 Å². The van der Waals surface area contributed by atoms with Crippen LogP contribution in [0, 0.1) is 5.82 Å². The number of hydrogen-bond acceptors (Lipinski definition) is 3. The van der Waals surface area contributed by atoms with Crippen LogP contribution in [0.5, 0.6) is 5.75 Å². The summed E-state index contributed by atoms with van der Waals surface area (Å²) in [4.78, 5) is 25.1. The molecule has 0 saturated carbocycles. The Balaban J connectivity index is 1.61. The lowest BCUT2D eigenvalue weighted by molar-refractivity contribution is -0.122. The molecule has 0 unspecified atom stereocenters.